The molecule has 6 rings (SSSR count). The van der Waals surface area contributed by atoms with Crippen molar-refractivity contribution in [3.05, 3.63) is 60.4 Å². The van der Waals surface area contributed by atoms with E-state index in [2.05, 4.69) is 37.2 Å². The lowest BCUT2D eigenvalue weighted by Gasteiger charge is -2.26. The minimum Gasteiger partial charge on any atom is -0.391 e. The molecule has 0 amide bonds. The lowest BCUT2D eigenvalue weighted by molar-refractivity contribution is 0.0359. The predicted octanol–water partition coefficient (Wildman–Crippen LogP) is 2.98. The van der Waals surface area contributed by atoms with Crippen LogP contribution in [-0.2, 0) is 27.4 Å². The summed E-state index contributed by atoms with van der Waals surface area (Å²) in [5.74, 6) is 0.170. The summed E-state index contributed by atoms with van der Waals surface area (Å²) in [6.07, 6.45) is 2.67. The summed E-state index contributed by atoms with van der Waals surface area (Å²) >= 11 is 0. The molecule has 0 bridgehead atoms. The number of β-amino-alcohol motifs (C(OH)–C–C–N with tert-alkyl or cyclic N) is 1. The number of aryl methyl sites for hydroxylation is 1. The van der Waals surface area contributed by atoms with Gasteiger partial charge >= 0.3 is 0 Å². The highest BCUT2D eigenvalue weighted by molar-refractivity contribution is 7.92. The molecule has 2 atom stereocenters. The van der Waals surface area contributed by atoms with E-state index in [1.54, 1.807) is 6.07 Å². The van der Waals surface area contributed by atoms with Crippen LogP contribution in [0.4, 0.5) is 5.69 Å². The van der Waals surface area contributed by atoms with Crippen LogP contribution in [0.1, 0.15) is 12.1 Å². The van der Waals surface area contributed by atoms with E-state index in [0.29, 0.717) is 17.9 Å². The van der Waals surface area contributed by atoms with Gasteiger partial charge in [0.15, 0.2) is 0 Å². The number of aliphatic hydroxyl groups is 1. The van der Waals surface area contributed by atoms with E-state index < -0.39 is 9.73 Å². The number of fused-ring (bicyclic) bond motifs is 1. The molecule has 3 N–H and O–H groups in total. The van der Waals surface area contributed by atoms with Crippen LogP contribution in [0.25, 0.3) is 22.2 Å². The normalized spacial score (nSPS) is 20.0. The molecule has 10 nitrogen and oxygen atoms in total. The number of ether oxygens (including phenoxy) is 1. The molecule has 2 aliphatic heterocycles. The van der Waals surface area contributed by atoms with Crippen LogP contribution in [0.5, 0.6) is 0 Å². The van der Waals surface area contributed by atoms with Gasteiger partial charge in [0, 0.05) is 83.8 Å². The molecular weight excluding hydrogens is 514 g/mol. The zero-order chi connectivity index (χ0) is 26.8. The van der Waals surface area contributed by atoms with Crippen molar-refractivity contribution in [2.24, 2.45) is 0 Å². The number of nitrogens with zero attached hydrogens (tertiary/aromatic N) is 5. The van der Waals surface area contributed by atoms with E-state index in [1.807, 2.05) is 41.2 Å². The third kappa shape index (κ3) is 5.86. The van der Waals surface area contributed by atoms with E-state index in [1.165, 1.54) is 0 Å². The largest absolute Gasteiger partial charge is 0.391 e. The molecule has 2 aliphatic rings. The van der Waals surface area contributed by atoms with Crippen molar-refractivity contribution in [2.45, 2.75) is 30.4 Å². The molecule has 2 aromatic heterocycles. The Morgan fingerprint density at radius 1 is 1.10 bits per heavy atom. The Morgan fingerprint density at radius 2 is 1.95 bits per heavy atom. The molecule has 2 fully saturated rings. The van der Waals surface area contributed by atoms with Gasteiger partial charge < -0.3 is 19.7 Å². The molecule has 0 saturated carbocycles. The molecular formula is C28H35N7O3S. The van der Waals surface area contributed by atoms with Crippen LogP contribution in [0.2, 0.25) is 0 Å². The average Bonchev–Trinajstić information content (AvgIpc) is 3.70. The van der Waals surface area contributed by atoms with E-state index in [-0.39, 0.29) is 11.9 Å². The molecule has 4 heterocycles. The molecule has 0 aliphatic carbocycles. The van der Waals surface area contributed by atoms with Gasteiger partial charge in [-0.05, 0) is 36.8 Å². The first-order chi connectivity index (χ1) is 18.9. The number of aliphatic hydroxyl groups excluding tert-OH is 1. The van der Waals surface area contributed by atoms with Crippen LogP contribution >= 0.6 is 0 Å². The van der Waals surface area contributed by atoms with Crippen molar-refractivity contribution in [1.29, 1.82) is 4.78 Å². The third-order valence-corrected chi connectivity index (χ3v) is 9.45. The Kier molecular flexibility index (Phi) is 7.39. The minimum absolute atomic E-state index is 0.170. The fourth-order valence-electron chi connectivity index (χ4n) is 5.39. The van der Waals surface area contributed by atoms with Crippen molar-refractivity contribution < 1.29 is 14.1 Å². The van der Waals surface area contributed by atoms with Crippen molar-refractivity contribution in [2.75, 3.05) is 56.6 Å². The maximum absolute atomic E-state index is 13.7. The summed E-state index contributed by atoms with van der Waals surface area (Å²) in [6.45, 7) is 6.34. The topological polar surface area (TPSA) is 123 Å². The Hall–Kier alpha value is -3.25. The Balaban J connectivity index is 1.20. The second-order valence-electron chi connectivity index (χ2n) is 10.4. The molecule has 2 saturated heterocycles. The number of H-pyrrole nitrogens is 1. The van der Waals surface area contributed by atoms with Crippen LogP contribution in [0.15, 0.2) is 59.6 Å². The van der Waals surface area contributed by atoms with Crippen molar-refractivity contribution in [3.8, 4) is 11.3 Å². The summed E-state index contributed by atoms with van der Waals surface area (Å²) in [6, 6.07) is 15.8. The monoisotopic (exact) mass is 549 g/mol. The minimum atomic E-state index is -3.07. The van der Waals surface area contributed by atoms with Gasteiger partial charge in [0.2, 0.25) is 0 Å². The Morgan fingerprint density at radius 3 is 2.74 bits per heavy atom. The molecule has 4 aromatic rings. The highest BCUT2D eigenvalue weighted by Crippen LogP contribution is 2.36. The zero-order valence-electron chi connectivity index (χ0n) is 22.0. The fourth-order valence-corrected chi connectivity index (χ4v) is 6.72. The van der Waals surface area contributed by atoms with Crippen molar-refractivity contribution in [3.63, 3.8) is 0 Å². The number of rotatable bonds is 9. The van der Waals surface area contributed by atoms with Gasteiger partial charge in [0.1, 0.15) is 0 Å². The quantitative estimate of drug-likeness (QED) is 0.293. The predicted molar refractivity (Wildman–Crippen MR) is 152 cm³/mol. The SMILES string of the molecule is N=S(=O)(CCc1cn(CCN2CCOCC2)nn1)c1ccc(N2CC[C@H](O)C2)c(-c2cc3ccccc3[nH]2)c1. The first kappa shape index (κ1) is 26.0. The van der Waals surface area contributed by atoms with Crippen LogP contribution in [0, 0.1) is 4.78 Å². The summed E-state index contributed by atoms with van der Waals surface area (Å²) in [5.41, 5.74) is 4.55. The van der Waals surface area contributed by atoms with Crippen molar-refractivity contribution >= 4 is 26.3 Å². The number of benzene rings is 2. The smallest absolute Gasteiger partial charge is 0.0836 e. The molecule has 0 spiro atoms. The van der Waals surface area contributed by atoms with Crippen molar-refractivity contribution in [1.82, 2.24) is 24.9 Å². The van der Waals surface area contributed by atoms with Gasteiger partial charge in [-0.25, -0.2) is 8.99 Å². The summed E-state index contributed by atoms with van der Waals surface area (Å²) < 4.78 is 29.7. The van der Waals surface area contributed by atoms with Crippen LogP contribution < -0.4 is 4.90 Å². The second kappa shape index (κ2) is 11.1. The summed E-state index contributed by atoms with van der Waals surface area (Å²) in [7, 11) is -3.07. The molecule has 1 unspecified atom stereocenters. The van der Waals surface area contributed by atoms with E-state index in [9.17, 15) is 9.32 Å². The van der Waals surface area contributed by atoms with E-state index in [0.717, 1.165) is 85.9 Å². The van der Waals surface area contributed by atoms with E-state index >= 15 is 0 Å². The number of hydrogen-bond acceptors (Lipinski definition) is 8. The van der Waals surface area contributed by atoms with Gasteiger partial charge in [-0.2, -0.15) is 0 Å². The van der Waals surface area contributed by atoms with Crippen LogP contribution in [0.3, 0.4) is 0 Å². The molecule has 2 aromatic carbocycles. The second-order valence-corrected chi connectivity index (χ2v) is 12.6. The number of aromatic amines is 1. The number of morpholine rings is 1. The maximum atomic E-state index is 13.7. The van der Waals surface area contributed by atoms with Gasteiger partial charge in [0.25, 0.3) is 0 Å². The number of hydrogen-bond donors (Lipinski definition) is 3. The number of aromatic nitrogens is 4. The van der Waals surface area contributed by atoms with E-state index in [4.69, 9.17) is 9.52 Å². The van der Waals surface area contributed by atoms with Crippen LogP contribution in [-0.4, -0.2) is 92.0 Å². The number of para-hydroxylation sites is 1. The third-order valence-electron chi connectivity index (χ3n) is 7.65. The zero-order valence-corrected chi connectivity index (χ0v) is 22.8. The number of nitrogens with one attached hydrogen (secondary N) is 2. The molecule has 11 heteroatoms. The highest BCUT2D eigenvalue weighted by Gasteiger charge is 2.25. The van der Waals surface area contributed by atoms with Gasteiger partial charge in [0.05, 0.1) is 41.3 Å². The average molecular weight is 550 g/mol. The maximum Gasteiger partial charge on any atom is 0.0836 e. The van der Waals surface area contributed by atoms with Gasteiger partial charge in [-0.3, -0.25) is 9.58 Å². The lowest BCUT2D eigenvalue weighted by Crippen LogP contribution is -2.38. The standard InChI is InChI=1S/C28H35N7O3S/c29-39(37,16-8-22-19-35(32-31-22)11-10-33-12-14-38-15-13-33)24-5-6-28(34-9-7-23(36)20-34)25(18-24)27-17-21-3-1-2-4-26(21)30-27/h1-6,17-19,23,29-30,36H,7-16,20H2/t23-,39?/m0/s1. The lowest BCUT2D eigenvalue weighted by atomic mass is 10.1. The summed E-state index contributed by atoms with van der Waals surface area (Å²) in [5, 5.41) is 19.7. The highest BCUT2D eigenvalue weighted by atomic mass is 32.2. The summed E-state index contributed by atoms with van der Waals surface area (Å²) in [4.78, 5) is 8.50. The van der Waals surface area contributed by atoms with Gasteiger partial charge in [-0.1, -0.05) is 23.4 Å². The first-order valence-electron chi connectivity index (χ1n) is 13.6. The Bertz CT molecular complexity index is 1510. The number of anilines is 1. The molecule has 39 heavy (non-hydrogen) atoms. The first-order valence-corrected chi connectivity index (χ1v) is 15.3. The molecule has 0 radical (unpaired) electrons. The fraction of sp³-hybridized carbons (Fsp3) is 0.429. The Labute approximate surface area is 228 Å². The van der Waals surface area contributed by atoms with Gasteiger partial charge in [-0.15, -0.1) is 5.10 Å². The molecule has 206 valence electrons.